The standard InChI is InChI=1S/C18H21NO2/c1-13(2)15-6-8-16(9-7-15)18(21)19(3)12-14-4-10-17(20)11-5-14/h4-11,13,20H,12H2,1-3H3. The Bertz CT molecular complexity index is 600. The number of hydrogen-bond donors (Lipinski definition) is 1. The van der Waals surface area contributed by atoms with Crippen molar-refractivity contribution in [3.63, 3.8) is 0 Å². The van der Waals surface area contributed by atoms with Crippen LogP contribution in [-0.2, 0) is 6.54 Å². The van der Waals surface area contributed by atoms with Crippen LogP contribution in [0.5, 0.6) is 5.75 Å². The zero-order valence-corrected chi connectivity index (χ0v) is 12.7. The fourth-order valence-corrected chi connectivity index (χ4v) is 2.18. The first-order chi connectivity index (χ1) is 9.97. The molecule has 0 saturated heterocycles. The maximum absolute atomic E-state index is 12.4. The van der Waals surface area contributed by atoms with Crippen molar-refractivity contribution in [3.8, 4) is 5.75 Å². The van der Waals surface area contributed by atoms with Gasteiger partial charge in [-0.25, -0.2) is 0 Å². The minimum absolute atomic E-state index is 0.00150. The van der Waals surface area contributed by atoms with Gasteiger partial charge in [0.15, 0.2) is 0 Å². The molecule has 0 heterocycles. The highest BCUT2D eigenvalue weighted by molar-refractivity contribution is 5.94. The number of rotatable bonds is 4. The van der Waals surface area contributed by atoms with Crippen LogP contribution in [0.4, 0.5) is 0 Å². The number of aromatic hydroxyl groups is 1. The third kappa shape index (κ3) is 3.85. The van der Waals surface area contributed by atoms with E-state index in [4.69, 9.17) is 0 Å². The number of carbonyl (C=O) groups excluding carboxylic acids is 1. The second-order valence-electron chi connectivity index (χ2n) is 5.60. The van der Waals surface area contributed by atoms with Gasteiger partial charge in [0.2, 0.25) is 0 Å². The van der Waals surface area contributed by atoms with E-state index in [-0.39, 0.29) is 11.7 Å². The molecule has 2 rings (SSSR count). The molecule has 0 saturated carbocycles. The minimum Gasteiger partial charge on any atom is -0.508 e. The monoisotopic (exact) mass is 283 g/mol. The van der Waals surface area contributed by atoms with E-state index in [9.17, 15) is 9.90 Å². The van der Waals surface area contributed by atoms with E-state index in [1.807, 2.05) is 36.4 Å². The lowest BCUT2D eigenvalue weighted by molar-refractivity contribution is 0.0785. The Morgan fingerprint density at radius 3 is 2.14 bits per heavy atom. The van der Waals surface area contributed by atoms with Crippen molar-refractivity contribution >= 4 is 5.91 Å². The van der Waals surface area contributed by atoms with Gasteiger partial charge in [0.1, 0.15) is 5.75 Å². The van der Waals surface area contributed by atoms with Gasteiger partial charge in [-0.3, -0.25) is 4.79 Å². The number of amides is 1. The number of phenols is 1. The molecule has 0 unspecified atom stereocenters. The van der Waals surface area contributed by atoms with E-state index in [0.717, 1.165) is 5.56 Å². The van der Waals surface area contributed by atoms with Gasteiger partial charge in [0, 0.05) is 19.2 Å². The molecule has 0 aromatic heterocycles. The third-order valence-corrected chi connectivity index (χ3v) is 3.53. The van der Waals surface area contributed by atoms with Crippen molar-refractivity contribution < 1.29 is 9.90 Å². The lowest BCUT2D eigenvalue weighted by Gasteiger charge is -2.18. The summed E-state index contributed by atoms with van der Waals surface area (Å²) in [7, 11) is 1.78. The molecular weight excluding hydrogens is 262 g/mol. The summed E-state index contributed by atoms with van der Waals surface area (Å²) in [5.74, 6) is 0.694. The Balaban J connectivity index is 2.06. The Kier molecular flexibility index (Phi) is 4.63. The van der Waals surface area contributed by atoms with Crippen LogP contribution in [0.1, 0.15) is 41.3 Å². The van der Waals surface area contributed by atoms with E-state index < -0.39 is 0 Å². The summed E-state index contributed by atoms with van der Waals surface area (Å²) in [6, 6.07) is 14.7. The first kappa shape index (κ1) is 15.1. The fraction of sp³-hybridized carbons (Fsp3) is 0.278. The largest absolute Gasteiger partial charge is 0.508 e. The first-order valence-electron chi connectivity index (χ1n) is 7.10. The van der Waals surface area contributed by atoms with Gasteiger partial charge in [0.05, 0.1) is 0 Å². The van der Waals surface area contributed by atoms with E-state index in [1.54, 1.807) is 24.1 Å². The topological polar surface area (TPSA) is 40.5 Å². The van der Waals surface area contributed by atoms with Gasteiger partial charge >= 0.3 is 0 Å². The van der Waals surface area contributed by atoms with Crippen LogP contribution in [0.2, 0.25) is 0 Å². The minimum atomic E-state index is -0.00150. The van der Waals surface area contributed by atoms with Crippen LogP contribution >= 0.6 is 0 Å². The van der Waals surface area contributed by atoms with Gasteiger partial charge in [-0.2, -0.15) is 0 Å². The lowest BCUT2D eigenvalue weighted by atomic mass is 10.0. The normalized spacial score (nSPS) is 10.7. The maximum Gasteiger partial charge on any atom is 0.253 e. The average Bonchev–Trinajstić information content (AvgIpc) is 2.49. The molecule has 0 bridgehead atoms. The highest BCUT2D eigenvalue weighted by atomic mass is 16.3. The zero-order valence-electron chi connectivity index (χ0n) is 12.7. The second kappa shape index (κ2) is 6.44. The molecule has 0 aliphatic heterocycles. The smallest absolute Gasteiger partial charge is 0.253 e. The van der Waals surface area contributed by atoms with Crippen LogP contribution in [0.25, 0.3) is 0 Å². The Hall–Kier alpha value is -2.29. The third-order valence-electron chi connectivity index (χ3n) is 3.53. The molecule has 110 valence electrons. The van der Waals surface area contributed by atoms with Crippen LogP contribution in [0, 0.1) is 0 Å². The van der Waals surface area contributed by atoms with Crippen LogP contribution in [-0.4, -0.2) is 23.0 Å². The van der Waals surface area contributed by atoms with Crippen LogP contribution < -0.4 is 0 Å². The van der Waals surface area contributed by atoms with E-state index in [2.05, 4.69) is 13.8 Å². The quantitative estimate of drug-likeness (QED) is 0.927. The van der Waals surface area contributed by atoms with Gasteiger partial charge in [-0.15, -0.1) is 0 Å². The van der Waals surface area contributed by atoms with Gasteiger partial charge in [-0.05, 0) is 41.3 Å². The van der Waals surface area contributed by atoms with Gasteiger partial charge in [0.25, 0.3) is 5.91 Å². The second-order valence-corrected chi connectivity index (χ2v) is 5.60. The van der Waals surface area contributed by atoms with Crippen molar-refractivity contribution in [2.24, 2.45) is 0 Å². The van der Waals surface area contributed by atoms with Gasteiger partial charge in [-0.1, -0.05) is 38.1 Å². The molecule has 0 aliphatic rings. The van der Waals surface area contributed by atoms with Crippen molar-refractivity contribution in [1.29, 1.82) is 0 Å². The van der Waals surface area contributed by atoms with E-state index in [1.165, 1.54) is 5.56 Å². The molecule has 3 heteroatoms. The number of nitrogens with zero attached hydrogens (tertiary/aromatic N) is 1. The molecule has 0 spiro atoms. The molecule has 0 fully saturated rings. The summed E-state index contributed by atoms with van der Waals surface area (Å²) < 4.78 is 0. The molecule has 3 nitrogen and oxygen atoms in total. The molecule has 21 heavy (non-hydrogen) atoms. The summed E-state index contributed by atoms with van der Waals surface area (Å²) in [6.45, 7) is 4.78. The van der Waals surface area contributed by atoms with Crippen molar-refractivity contribution in [1.82, 2.24) is 4.90 Å². The highest BCUT2D eigenvalue weighted by Gasteiger charge is 2.12. The first-order valence-corrected chi connectivity index (χ1v) is 7.10. The molecule has 2 aromatic carbocycles. The Morgan fingerprint density at radius 1 is 1.05 bits per heavy atom. The maximum atomic E-state index is 12.4. The lowest BCUT2D eigenvalue weighted by Crippen LogP contribution is -2.26. The van der Waals surface area contributed by atoms with E-state index in [0.29, 0.717) is 18.0 Å². The Labute approximate surface area is 125 Å². The number of benzene rings is 2. The van der Waals surface area contributed by atoms with Crippen molar-refractivity contribution in [2.45, 2.75) is 26.3 Å². The van der Waals surface area contributed by atoms with Crippen LogP contribution in [0.15, 0.2) is 48.5 Å². The van der Waals surface area contributed by atoms with E-state index >= 15 is 0 Å². The summed E-state index contributed by atoms with van der Waals surface area (Å²) in [5.41, 5.74) is 2.91. The Morgan fingerprint density at radius 2 is 1.62 bits per heavy atom. The summed E-state index contributed by atoms with van der Waals surface area (Å²) in [4.78, 5) is 14.1. The SMILES string of the molecule is CC(C)c1ccc(C(=O)N(C)Cc2ccc(O)cc2)cc1. The highest BCUT2D eigenvalue weighted by Crippen LogP contribution is 2.16. The van der Waals surface area contributed by atoms with Crippen molar-refractivity contribution in [2.75, 3.05) is 7.05 Å². The molecule has 0 aliphatic carbocycles. The molecule has 1 amide bonds. The summed E-state index contributed by atoms with van der Waals surface area (Å²) in [5, 5.41) is 9.27. The summed E-state index contributed by atoms with van der Waals surface area (Å²) in [6.07, 6.45) is 0. The summed E-state index contributed by atoms with van der Waals surface area (Å²) >= 11 is 0. The molecule has 1 N–H and O–H groups in total. The predicted octanol–water partition coefficient (Wildman–Crippen LogP) is 3.79. The zero-order chi connectivity index (χ0) is 15.4. The number of phenolic OH excluding ortho intramolecular Hbond substituents is 1. The predicted molar refractivity (Wildman–Crippen MR) is 84.4 cm³/mol. The number of carbonyl (C=O) groups is 1. The van der Waals surface area contributed by atoms with Crippen LogP contribution in [0.3, 0.4) is 0 Å². The number of hydrogen-bond acceptors (Lipinski definition) is 2. The fourth-order valence-electron chi connectivity index (χ4n) is 2.18. The molecule has 0 atom stereocenters. The van der Waals surface area contributed by atoms with Gasteiger partial charge < -0.3 is 10.0 Å². The molecule has 2 aromatic rings. The average molecular weight is 283 g/mol. The molecule has 0 radical (unpaired) electrons. The van der Waals surface area contributed by atoms with Crippen molar-refractivity contribution in [3.05, 3.63) is 65.2 Å². The molecular formula is C18H21NO2.